The lowest BCUT2D eigenvalue weighted by molar-refractivity contribution is -0.119. The summed E-state index contributed by atoms with van der Waals surface area (Å²) >= 11 is 0. The van der Waals surface area contributed by atoms with Gasteiger partial charge in [0.05, 0.1) is 24.3 Å². The van der Waals surface area contributed by atoms with Crippen molar-refractivity contribution in [1.29, 1.82) is 0 Å². The molecule has 1 N–H and O–H groups in total. The average Bonchev–Trinajstić information content (AvgIpc) is 2.54. The number of esters is 2. The van der Waals surface area contributed by atoms with Gasteiger partial charge in [-0.05, 0) is 38.5 Å². The Labute approximate surface area is 136 Å². The summed E-state index contributed by atoms with van der Waals surface area (Å²) < 4.78 is 9.89. The molecular formula is C17H23NO5. The van der Waals surface area contributed by atoms with Crippen molar-refractivity contribution in [3.8, 4) is 0 Å². The molecule has 0 aliphatic heterocycles. The lowest BCUT2D eigenvalue weighted by Crippen LogP contribution is -2.20. The van der Waals surface area contributed by atoms with Crippen molar-refractivity contribution in [2.75, 3.05) is 18.5 Å². The summed E-state index contributed by atoms with van der Waals surface area (Å²) in [5.41, 5.74) is 0.748. The highest BCUT2D eigenvalue weighted by atomic mass is 16.5. The molecule has 1 rings (SSSR count). The van der Waals surface area contributed by atoms with E-state index in [9.17, 15) is 14.4 Å². The third kappa shape index (κ3) is 5.39. The van der Waals surface area contributed by atoms with Gasteiger partial charge < -0.3 is 14.8 Å². The zero-order chi connectivity index (χ0) is 17.4. The largest absolute Gasteiger partial charge is 0.462 e. The minimum absolute atomic E-state index is 0.174. The van der Waals surface area contributed by atoms with Gasteiger partial charge in [-0.1, -0.05) is 13.8 Å². The third-order valence-electron chi connectivity index (χ3n) is 3.28. The zero-order valence-electron chi connectivity index (χ0n) is 14.0. The molecule has 0 saturated carbocycles. The summed E-state index contributed by atoms with van der Waals surface area (Å²) in [6.07, 6.45) is 0.689. The van der Waals surface area contributed by atoms with Crippen molar-refractivity contribution in [3.05, 3.63) is 29.3 Å². The number of carbonyl (C=O) groups excluding carboxylic acids is 3. The number of anilines is 1. The maximum Gasteiger partial charge on any atom is 0.338 e. The fourth-order valence-electron chi connectivity index (χ4n) is 1.82. The van der Waals surface area contributed by atoms with Gasteiger partial charge in [0.25, 0.3) is 0 Å². The molecule has 6 heteroatoms. The Kier molecular flexibility index (Phi) is 7.25. The van der Waals surface area contributed by atoms with Gasteiger partial charge in [0.2, 0.25) is 5.91 Å². The lowest BCUT2D eigenvalue weighted by Gasteiger charge is -2.12. The number of rotatable bonds is 7. The van der Waals surface area contributed by atoms with Crippen LogP contribution in [0.4, 0.5) is 5.69 Å². The summed E-state index contributed by atoms with van der Waals surface area (Å²) in [6.45, 7) is 7.53. The first-order valence-electron chi connectivity index (χ1n) is 7.73. The molecule has 23 heavy (non-hydrogen) atoms. The molecule has 1 aromatic rings. The highest BCUT2D eigenvalue weighted by molar-refractivity contribution is 5.99. The van der Waals surface area contributed by atoms with Gasteiger partial charge >= 0.3 is 11.9 Å². The molecule has 0 radical (unpaired) electrons. The molecule has 0 spiro atoms. The quantitative estimate of drug-likeness (QED) is 0.781. The molecule has 0 aromatic heterocycles. The molecule has 0 fully saturated rings. The van der Waals surface area contributed by atoms with E-state index in [0.29, 0.717) is 12.1 Å². The minimum Gasteiger partial charge on any atom is -0.462 e. The van der Waals surface area contributed by atoms with E-state index >= 15 is 0 Å². The summed E-state index contributed by atoms with van der Waals surface area (Å²) in [5.74, 6) is -1.47. The van der Waals surface area contributed by atoms with Crippen LogP contribution in [-0.2, 0) is 14.3 Å². The number of ether oxygens (including phenoxy) is 2. The van der Waals surface area contributed by atoms with Crippen LogP contribution in [0.5, 0.6) is 0 Å². The van der Waals surface area contributed by atoms with E-state index in [1.165, 1.54) is 18.2 Å². The zero-order valence-corrected chi connectivity index (χ0v) is 14.0. The van der Waals surface area contributed by atoms with Crippen LogP contribution >= 0.6 is 0 Å². The van der Waals surface area contributed by atoms with Gasteiger partial charge in [0.15, 0.2) is 0 Å². The van der Waals surface area contributed by atoms with Crippen molar-refractivity contribution in [2.24, 2.45) is 5.92 Å². The van der Waals surface area contributed by atoms with Gasteiger partial charge in [-0.15, -0.1) is 0 Å². The van der Waals surface area contributed by atoms with Crippen molar-refractivity contribution in [2.45, 2.75) is 34.1 Å². The highest BCUT2D eigenvalue weighted by Gasteiger charge is 2.17. The fraction of sp³-hybridized carbons (Fsp3) is 0.471. The molecule has 0 saturated heterocycles. The molecule has 1 amide bonds. The first-order chi connectivity index (χ1) is 10.9. The molecule has 0 unspecified atom stereocenters. The van der Waals surface area contributed by atoms with E-state index < -0.39 is 11.9 Å². The Bertz CT molecular complexity index is 546. The Morgan fingerprint density at radius 3 is 1.83 bits per heavy atom. The number of benzene rings is 1. The van der Waals surface area contributed by atoms with E-state index in [2.05, 4.69) is 5.32 Å². The number of nitrogens with one attached hydrogen (secondary N) is 1. The summed E-state index contributed by atoms with van der Waals surface area (Å²) in [5, 5.41) is 2.71. The van der Waals surface area contributed by atoms with Crippen molar-refractivity contribution in [1.82, 2.24) is 0 Å². The number of hydrogen-bond acceptors (Lipinski definition) is 5. The number of amides is 1. The highest BCUT2D eigenvalue weighted by Crippen LogP contribution is 2.18. The Morgan fingerprint density at radius 1 is 0.957 bits per heavy atom. The molecule has 0 aliphatic carbocycles. The maximum atomic E-state index is 12.0. The molecule has 0 aliphatic rings. The summed E-state index contributed by atoms with van der Waals surface area (Å²) in [4.78, 5) is 35.9. The number of carbonyl (C=O) groups is 3. The second-order valence-corrected chi connectivity index (χ2v) is 5.04. The van der Waals surface area contributed by atoms with E-state index in [1.54, 1.807) is 20.8 Å². The number of hydrogen-bond donors (Lipinski definition) is 1. The predicted octanol–water partition coefficient (Wildman–Crippen LogP) is 3.02. The monoisotopic (exact) mass is 321 g/mol. The second kappa shape index (κ2) is 8.92. The van der Waals surface area contributed by atoms with Gasteiger partial charge in [0.1, 0.15) is 0 Å². The summed E-state index contributed by atoms with van der Waals surface area (Å²) in [7, 11) is 0. The molecular weight excluding hydrogens is 298 g/mol. The van der Waals surface area contributed by atoms with E-state index in [4.69, 9.17) is 9.47 Å². The first-order valence-corrected chi connectivity index (χ1v) is 7.73. The smallest absolute Gasteiger partial charge is 0.338 e. The van der Waals surface area contributed by atoms with Gasteiger partial charge in [-0.3, -0.25) is 4.79 Å². The van der Waals surface area contributed by atoms with E-state index in [1.807, 2.05) is 6.92 Å². The van der Waals surface area contributed by atoms with Crippen molar-refractivity contribution in [3.63, 3.8) is 0 Å². The standard InChI is InChI=1S/C17H23NO5/c1-5-11(4)15(19)18-14-9-12(16(20)22-6-2)8-13(10-14)17(21)23-7-3/h8-11H,5-7H2,1-4H3,(H,18,19)/t11-/m0/s1. The molecule has 126 valence electrons. The van der Waals surface area contributed by atoms with E-state index in [0.717, 1.165) is 0 Å². The van der Waals surface area contributed by atoms with Crippen LogP contribution in [0, 0.1) is 5.92 Å². The topological polar surface area (TPSA) is 81.7 Å². The van der Waals surface area contributed by atoms with Crippen molar-refractivity contribution >= 4 is 23.5 Å². The predicted molar refractivity (Wildman–Crippen MR) is 86.4 cm³/mol. The van der Waals surface area contributed by atoms with Crippen molar-refractivity contribution < 1.29 is 23.9 Å². The van der Waals surface area contributed by atoms with Crippen LogP contribution in [0.1, 0.15) is 54.8 Å². The molecule has 0 heterocycles. The van der Waals surface area contributed by atoms with Gasteiger partial charge in [-0.2, -0.15) is 0 Å². The Hall–Kier alpha value is -2.37. The lowest BCUT2D eigenvalue weighted by atomic mass is 10.1. The van der Waals surface area contributed by atoms with Crippen LogP contribution in [-0.4, -0.2) is 31.1 Å². The third-order valence-corrected chi connectivity index (χ3v) is 3.28. The van der Waals surface area contributed by atoms with Gasteiger partial charge in [0, 0.05) is 11.6 Å². The van der Waals surface area contributed by atoms with Crippen LogP contribution in [0.25, 0.3) is 0 Å². The Balaban J connectivity index is 3.15. The van der Waals surface area contributed by atoms with Crippen LogP contribution < -0.4 is 5.32 Å². The molecule has 6 nitrogen and oxygen atoms in total. The van der Waals surface area contributed by atoms with Gasteiger partial charge in [-0.25, -0.2) is 9.59 Å². The normalized spacial score (nSPS) is 11.5. The van der Waals surface area contributed by atoms with E-state index in [-0.39, 0.29) is 36.2 Å². The summed E-state index contributed by atoms with van der Waals surface area (Å²) in [6, 6.07) is 4.37. The average molecular weight is 321 g/mol. The maximum absolute atomic E-state index is 12.0. The van der Waals surface area contributed by atoms with Crippen LogP contribution in [0.2, 0.25) is 0 Å². The first kappa shape index (κ1) is 18.7. The SMILES string of the molecule is CCOC(=O)c1cc(NC(=O)[C@@H](C)CC)cc(C(=O)OCC)c1. The van der Waals surface area contributed by atoms with Crippen LogP contribution in [0.3, 0.4) is 0 Å². The second-order valence-electron chi connectivity index (χ2n) is 5.04. The minimum atomic E-state index is -0.558. The molecule has 1 atom stereocenters. The Morgan fingerprint density at radius 2 is 1.43 bits per heavy atom. The van der Waals surface area contributed by atoms with Crippen LogP contribution in [0.15, 0.2) is 18.2 Å². The molecule has 0 bridgehead atoms. The molecule has 1 aromatic carbocycles. The fourth-order valence-corrected chi connectivity index (χ4v) is 1.82.